The van der Waals surface area contributed by atoms with Crippen molar-refractivity contribution in [3.05, 3.63) is 0 Å². The molecule has 1 amide bonds. The quantitative estimate of drug-likeness (QED) is 0.639. The Morgan fingerprint density at radius 3 is 2.73 bits per heavy atom. The number of hydrogen-bond donors (Lipinski definition) is 2. The number of carbonyl (C=O) groups is 1. The second kappa shape index (κ2) is 9.94. The maximum atomic E-state index is 12.1. The van der Waals surface area contributed by atoms with E-state index in [0.717, 1.165) is 18.1 Å². The molecule has 2 fully saturated rings. The standard InChI is InChI=1S/C12H23N3O4S2.ClH/c16-12(9-11-10-19-5-1-13-11)14-2-8-21(17,18)15-3-6-20-7-4-15;/h11,13H,1-10H2,(H,14,16);1H. The van der Waals surface area contributed by atoms with E-state index in [4.69, 9.17) is 4.74 Å². The molecule has 1 atom stereocenters. The fraction of sp³-hybridized carbons (Fsp3) is 0.917. The molecule has 10 heteroatoms. The molecule has 2 heterocycles. The van der Waals surface area contributed by atoms with Crippen LogP contribution in [-0.2, 0) is 19.6 Å². The highest BCUT2D eigenvalue weighted by molar-refractivity contribution is 7.99. The van der Waals surface area contributed by atoms with Gasteiger partial charge in [-0.15, -0.1) is 12.4 Å². The van der Waals surface area contributed by atoms with Gasteiger partial charge < -0.3 is 15.4 Å². The van der Waals surface area contributed by atoms with Crippen LogP contribution in [0.25, 0.3) is 0 Å². The molecule has 2 N–H and O–H groups in total. The molecular formula is C12H24ClN3O4S2. The van der Waals surface area contributed by atoms with Crippen molar-refractivity contribution in [3.8, 4) is 0 Å². The molecule has 0 saturated carbocycles. The zero-order chi connectivity index (χ0) is 15.1. The minimum absolute atomic E-state index is 0. The van der Waals surface area contributed by atoms with Crippen LogP contribution in [0.5, 0.6) is 0 Å². The van der Waals surface area contributed by atoms with Crippen molar-refractivity contribution < 1.29 is 17.9 Å². The summed E-state index contributed by atoms with van der Waals surface area (Å²) in [6, 6.07) is 0.0227. The van der Waals surface area contributed by atoms with Gasteiger partial charge in [0.1, 0.15) is 0 Å². The highest BCUT2D eigenvalue weighted by Crippen LogP contribution is 2.13. The summed E-state index contributed by atoms with van der Waals surface area (Å²) in [5, 5.41) is 5.87. The van der Waals surface area contributed by atoms with Crippen LogP contribution < -0.4 is 10.6 Å². The molecule has 0 radical (unpaired) electrons. The van der Waals surface area contributed by atoms with Crippen LogP contribution in [0.4, 0.5) is 0 Å². The lowest BCUT2D eigenvalue weighted by Gasteiger charge is -2.26. The third-order valence-electron chi connectivity index (χ3n) is 3.48. The molecule has 2 rings (SSSR count). The van der Waals surface area contributed by atoms with Crippen LogP contribution in [-0.4, -0.2) is 81.3 Å². The van der Waals surface area contributed by atoms with Crippen molar-refractivity contribution in [1.29, 1.82) is 0 Å². The summed E-state index contributed by atoms with van der Waals surface area (Å²) in [7, 11) is -3.25. The highest BCUT2D eigenvalue weighted by Gasteiger charge is 2.24. The van der Waals surface area contributed by atoms with Crippen molar-refractivity contribution >= 4 is 40.1 Å². The van der Waals surface area contributed by atoms with E-state index in [1.54, 1.807) is 11.8 Å². The fourth-order valence-electron chi connectivity index (χ4n) is 2.32. The first-order chi connectivity index (χ1) is 10.1. The predicted molar refractivity (Wildman–Crippen MR) is 90.2 cm³/mol. The lowest BCUT2D eigenvalue weighted by molar-refractivity contribution is -0.122. The lowest BCUT2D eigenvalue weighted by Crippen LogP contribution is -2.45. The van der Waals surface area contributed by atoms with Crippen LogP contribution in [0.1, 0.15) is 6.42 Å². The van der Waals surface area contributed by atoms with E-state index in [1.165, 1.54) is 4.31 Å². The second-order valence-corrected chi connectivity index (χ2v) is 8.42. The van der Waals surface area contributed by atoms with Gasteiger partial charge in [0.2, 0.25) is 15.9 Å². The maximum Gasteiger partial charge on any atom is 0.221 e. The van der Waals surface area contributed by atoms with Gasteiger partial charge >= 0.3 is 0 Å². The van der Waals surface area contributed by atoms with E-state index in [0.29, 0.717) is 32.7 Å². The average molecular weight is 374 g/mol. The Kier molecular flexibility index (Phi) is 9.03. The largest absolute Gasteiger partial charge is 0.378 e. The molecule has 0 aromatic carbocycles. The summed E-state index contributed by atoms with van der Waals surface area (Å²) in [5.74, 6) is 1.53. The Morgan fingerprint density at radius 1 is 1.36 bits per heavy atom. The van der Waals surface area contributed by atoms with E-state index in [2.05, 4.69) is 10.6 Å². The smallest absolute Gasteiger partial charge is 0.221 e. The van der Waals surface area contributed by atoms with Crippen LogP contribution in [0.15, 0.2) is 0 Å². The van der Waals surface area contributed by atoms with Gasteiger partial charge in [0.05, 0.1) is 19.0 Å². The number of thioether (sulfide) groups is 1. The first-order valence-corrected chi connectivity index (χ1v) is 9.98. The Bertz CT molecular complexity index is 438. The van der Waals surface area contributed by atoms with Crippen molar-refractivity contribution in [2.75, 3.05) is 56.7 Å². The molecule has 0 spiro atoms. The van der Waals surface area contributed by atoms with Gasteiger partial charge in [0, 0.05) is 50.1 Å². The van der Waals surface area contributed by atoms with Crippen LogP contribution >= 0.6 is 24.2 Å². The van der Waals surface area contributed by atoms with Gasteiger partial charge in [-0.1, -0.05) is 0 Å². The molecule has 22 heavy (non-hydrogen) atoms. The van der Waals surface area contributed by atoms with Gasteiger partial charge in [-0.3, -0.25) is 4.79 Å². The van der Waals surface area contributed by atoms with Gasteiger partial charge in [0.15, 0.2) is 0 Å². The average Bonchev–Trinajstić information content (AvgIpc) is 2.49. The summed E-state index contributed by atoms with van der Waals surface area (Å²) in [5.41, 5.74) is 0. The Morgan fingerprint density at radius 2 is 2.09 bits per heavy atom. The molecule has 7 nitrogen and oxygen atoms in total. The second-order valence-electron chi connectivity index (χ2n) is 5.11. The number of morpholine rings is 1. The Balaban J connectivity index is 0.00000242. The van der Waals surface area contributed by atoms with Crippen LogP contribution in [0.3, 0.4) is 0 Å². The van der Waals surface area contributed by atoms with Gasteiger partial charge in [-0.05, 0) is 0 Å². The summed E-state index contributed by atoms with van der Waals surface area (Å²) in [6.45, 7) is 3.26. The number of nitrogens with one attached hydrogen (secondary N) is 2. The maximum absolute atomic E-state index is 12.1. The molecule has 0 aromatic rings. The van der Waals surface area contributed by atoms with Crippen molar-refractivity contribution in [3.63, 3.8) is 0 Å². The number of ether oxygens (including phenoxy) is 1. The summed E-state index contributed by atoms with van der Waals surface area (Å²) >= 11 is 1.77. The molecule has 0 bridgehead atoms. The number of hydrogen-bond acceptors (Lipinski definition) is 6. The van der Waals surface area contributed by atoms with Crippen molar-refractivity contribution in [2.45, 2.75) is 12.5 Å². The number of halogens is 1. The normalized spacial score (nSPS) is 23.5. The molecule has 130 valence electrons. The summed E-state index contributed by atoms with van der Waals surface area (Å²) in [6.07, 6.45) is 0.320. The summed E-state index contributed by atoms with van der Waals surface area (Å²) < 4.78 is 31.0. The first kappa shape index (κ1) is 20.0. The van der Waals surface area contributed by atoms with Gasteiger partial charge in [-0.25, -0.2) is 12.7 Å². The van der Waals surface area contributed by atoms with E-state index in [1.807, 2.05) is 0 Å². The minimum atomic E-state index is -3.25. The SMILES string of the molecule is Cl.O=C(CC1COCCN1)NCCS(=O)(=O)N1CCSCC1. The molecule has 0 aliphatic carbocycles. The minimum Gasteiger partial charge on any atom is -0.378 e. The van der Waals surface area contributed by atoms with E-state index < -0.39 is 10.0 Å². The van der Waals surface area contributed by atoms with Crippen molar-refractivity contribution in [2.24, 2.45) is 0 Å². The lowest BCUT2D eigenvalue weighted by atomic mass is 10.2. The fourth-order valence-corrected chi connectivity index (χ4v) is 4.81. The third kappa shape index (κ3) is 6.59. The number of sulfonamides is 1. The van der Waals surface area contributed by atoms with Crippen molar-refractivity contribution in [1.82, 2.24) is 14.9 Å². The topological polar surface area (TPSA) is 87.7 Å². The Labute approximate surface area is 142 Å². The molecule has 0 aromatic heterocycles. The highest BCUT2D eigenvalue weighted by atomic mass is 35.5. The zero-order valence-corrected chi connectivity index (χ0v) is 14.9. The number of nitrogens with zero attached hydrogens (tertiary/aromatic N) is 1. The molecule has 2 aliphatic heterocycles. The first-order valence-electron chi connectivity index (χ1n) is 7.21. The predicted octanol–water partition coefficient (Wildman–Crippen LogP) is -0.718. The molecule has 1 unspecified atom stereocenters. The number of carbonyl (C=O) groups excluding carboxylic acids is 1. The molecule has 2 aliphatic rings. The monoisotopic (exact) mass is 373 g/mol. The van der Waals surface area contributed by atoms with E-state index in [9.17, 15) is 13.2 Å². The van der Waals surface area contributed by atoms with Crippen LogP contribution in [0, 0.1) is 0 Å². The zero-order valence-electron chi connectivity index (χ0n) is 12.5. The number of rotatable bonds is 6. The van der Waals surface area contributed by atoms with E-state index in [-0.39, 0.29) is 36.7 Å². The molecule has 2 saturated heterocycles. The third-order valence-corrected chi connectivity index (χ3v) is 6.29. The Hall–Kier alpha value is -0.0600. The van der Waals surface area contributed by atoms with Gasteiger partial charge in [-0.2, -0.15) is 11.8 Å². The molecular weight excluding hydrogens is 350 g/mol. The van der Waals surface area contributed by atoms with Crippen LogP contribution in [0.2, 0.25) is 0 Å². The summed E-state index contributed by atoms with van der Waals surface area (Å²) in [4.78, 5) is 11.8. The van der Waals surface area contributed by atoms with E-state index >= 15 is 0 Å². The number of amides is 1. The van der Waals surface area contributed by atoms with Gasteiger partial charge in [0.25, 0.3) is 0 Å².